The second kappa shape index (κ2) is 10.8. The first-order valence-corrected chi connectivity index (χ1v) is 10.1. The van der Waals surface area contributed by atoms with Crippen molar-refractivity contribution in [1.29, 1.82) is 0 Å². The van der Waals surface area contributed by atoms with Crippen LogP contribution in [0.4, 0.5) is 0 Å². The van der Waals surface area contributed by atoms with Crippen LogP contribution in [0.25, 0.3) is 0 Å². The third-order valence-corrected chi connectivity index (χ3v) is 5.41. The molecule has 5 heteroatoms. The number of rotatable bonds is 12. The fourth-order valence-electron chi connectivity index (χ4n) is 2.39. The normalized spacial score (nSPS) is 13.2. The predicted molar refractivity (Wildman–Crippen MR) is 95.1 cm³/mol. The van der Waals surface area contributed by atoms with E-state index in [2.05, 4.69) is 18.6 Å². The van der Waals surface area contributed by atoms with Crippen LogP contribution in [0.15, 0.2) is 29.2 Å². The van der Waals surface area contributed by atoms with E-state index in [9.17, 15) is 8.42 Å². The maximum atomic E-state index is 12.1. The molecule has 0 spiro atoms. The van der Waals surface area contributed by atoms with Crippen LogP contribution in [0.3, 0.4) is 0 Å². The van der Waals surface area contributed by atoms with E-state index in [1.165, 1.54) is 19.3 Å². The molecule has 0 fully saturated rings. The number of nitrogens with one attached hydrogen (secondary N) is 1. The summed E-state index contributed by atoms with van der Waals surface area (Å²) in [6.07, 6.45) is 5.51. The zero-order valence-corrected chi connectivity index (χ0v) is 15.5. The first kappa shape index (κ1) is 20.1. The lowest BCUT2D eigenvalue weighted by Gasteiger charge is -2.14. The summed E-state index contributed by atoms with van der Waals surface area (Å²) in [7, 11) is -3.41. The van der Waals surface area contributed by atoms with Crippen LogP contribution in [0.5, 0.6) is 0 Å². The Labute approximate surface area is 141 Å². The molecular formula is C18H31NO3S. The van der Waals surface area contributed by atoms with Crippen molar-refractivity contribution in [3.8, 4) is 0 Å². The molecule has 0 saturated heterocycles. The maximum Gasteiger partial charge on any atom is 0.240 e. The summed E-state index contributed by atoms with van der Waals surface area (Å²) < 4.78 is 32.6. The lowest BCUT2D eigenvalue weighted by atomic mass is 10.0. The van der Waals surface area contributed by atoms with Crippen molar-refractivity contribution in [2.45, 2.75) is 57.8 Å². The van der Waals surface area contributed by atoms with Gasteiger partial charge >= 0.3 is 0 Å². The molecule has 0 amide bonds. The van der Waals surface area contributed by atoms with Gasteiger partial charge in [-0.2, -0.15) is 0 Å². The molecule has 0 bridgehead atoms. The Morgan fingerprint density at radius 1 is 1.22 bits per heavy atom. The molecule has 0 aliphatic heterocycles. The van der Waals surface area contributed by atoms with E-state index in [0.29, 0.717) is 30.4 Å². The van der Waals surface area contributed by atoms with Crippen LogP contribution in [0.2, 0.25) is 0 Å². The van der Waals surface area contributed by atoms with Crippen molar-refractivity contribution in [3.63, 3.8) is 0 Å². The average molecular weight is 342 g/mol. The molecule has 0 aliphatic carbocycles. The van der Waals surface area contributed by atoms with Gasteiger partial charge in [0.15, 0.2) is 0 Å². The number of aryl methyl sites for hydroxylation is 1. The van der Waals surface area contributed by atoms with Gasteiger partial charge in [-0.1, -0.05) is 45.2 Å². The monoisotopic (exact) mass is 341 g/mol. The van der Waals surface area contributed by atoms with E-state index in [0.717, 1.165) is 18.6 Å². The minimum atomic E-state index is -3.41. The summed E-state index contributed by atoms with van der Waals surface area (Å²) in [5.74, 6) is 0.624. The number of benzene rings is 1. The second-order valence-corrected chi connectivity index (χ2v) is 7.83. The summed E-state index contributed by atoms with van der Waals surface area (Å²) in [5, 5.41) is 0. The standard InChI is InChI=1S/C18H31NO3S/c1-4-6-10-17(5-2)15-22-13-8-12-19-23(20,21)18-11-7-9-16(3)14-18/h7,9,11,14,17,19H,4-6,8,10,12-13,15H2,1-3H3. The highest BCUT2D eigenvalue weighted by atomic mass is 32.2. The highest BCUT2D eigenvalue weighted by Crippen LogP contribution is 2.13. The molecule has 23 heavy (non-hydrogen) atoms. The summed E-state index contributed by atoms with van der Waals surface area (Å²) in [4.78, 5) is 0.323. The smallest absolute Gasteiger partial charge is 0.240 e. The molecule has 0 aliphatic rings. The topological polar surface area (TPSA) is 55.4 Å². The SMILES string of the molecule is CCCCC(CC)COCCCNS(=O)(=O)c1cccc(C)c1. The molecule has 0 heterocycles. The minimum absolute atomic E-state index is 0.323. The van der Waals surface area contributed by atoms with Gasteiger partial charge in [-0.15, -0.1) is 0 Å². The van der Waals surface area contributed by atoms with Gasteiger partial charge < -0.3 is 4.74 Å². The molecule has 1 rings (SSSR count). The van der Waals surface area contributed by atoms with Crippen LogP contribution < -0.4 is 4.72 Å². The lowest BCUT2D eigenvalue weighted by Crippen LogP contribution is -2.25. The fraction of sp³-hybridized carbons (Fsp3) is 0.667. The highest BCUT2D eigenvalue weighted by molar-refractivity contribution is 7.89. The molecule has 4 nitrogen and oxygen atoms in total. The van der Waals surface area contributed by atoms with E-state index < -0.39 is 10.0 Å². The molecule has 0 aromatic heterocycles. The van der Waals surface area contributed by atoms with Crippen molar-refractivity contribution in [1.82, 2.24) is 4.72 Å². The van der Waals surface area contributed by atoms with Crippen LogP contribution in [-0.4, -0.2) is 28.2 Å². The molecule has 132 valence electrons. The van der Waals surface area contributed by atoms with E-state index in [4.69, 9.17) is 4.74 Å². The summed E-state index contributed by atoms with van der Waals surface area (Å²) >= 11 is 0. The number of unbranched alkanes of at least 4 members (excludes halogenated alkanes) is 1. The van der Waals surface area contributed by atoms with Gasteiger partial charge in [0.25, 0.3) is 0 Å². The lowest BCUT2D eigenvalue weighted by molar-refractivity contribution is 0.0928. The van der Waals surface area contributed by atoms with Gasteiger partial charge in [-0.05, 0) is 43.4 Å². The largest absolute Gasteiger partial charge is 0.381 e. The number of ether oxygens (including phenoxy) is 1. The van der Waals surface area contributed by atoms with Gasteiger partial charge in [0, 0.05) is 19.8 Å². The van der Waals surface area contributed by atoms with Gasteiger partial charge in [0.05, 0.1) is 4.90 Å². The molecule has 1 N–H and O–H groups in total. The molecule has 1 aromatic carbocycles. The third-order valence-electron chi connectivity index (χ3n) is 3.95. The van der Waals surface area contributed by atoms with Crippen molar-refractivity contribution in [2.24, 2.45) is 5.92 Å². The van der Waals surface area contributed by atoms with Gasteiger partial charge in [-0.25, -0.2) is 13.1 Å². The quantitative estimate of drug-likeness (QED) is 0.587. The number of hydrogen-bond donors (Lipinski definition) is 1. The molecule has 1 unspecified atom stereocenters. The number of hydrogen-bond acceptors (Lipinski definition) is 3. The van der Waals surface area contributed by atoms with Crippen molar-refractivity contribution in [2.75, 3.05) is 19.8 Å². The van der Waals surface area contributed by atoms with Gasteiger partial charge in [-0.3, -0.25) is 0 Å². The Morgan fingerprint density at radius 3 is 2.65 bits per heavy atom. The first-order valence-electron chi connectivity index (χ1n) is 8.63. The Balaban J connectivity index is 2.24. The molecule has 1 aromatic rings. The summed E-state index contributed by atoms with van der Waals surface area (Å²) in [6, 6.07) is 6.94. The molecule has 1 atom stereocenters. The van der Waals surface area contributed by atoms with Gasteiger partial charge in [0.1, 0.15) is 0 Å². The minimum Gasteiger partial charge on any atom is -0.381 e. The third kappa shape index (κ3) is 7.95. The molecule has 0 saturated carbocycles. The van der Waals surface area contributed by atoms with E-state index >= 15 is 0 Å². The zero-order chi connectivity index (χ0) is 17.1. The van der Waals surface area contributed by atoms with Crippen LogP contribution in [-0.2, 0) is 14.8 Å². The Hall–Kier alpha value is -0.910. The average Bonchev–Trinajstić information content (AvgIpc) is 2.53. The zero-order valence-electron chi connectivity index (χ0n) is 14.7. The maximum absolute atomic E-state index is 12.1. The fourth-order valence-corrected chi connectivity index (χ4v) is 3.57. The Bertz CT molecular complexity index is 543. The van der Waals surface area contributed by atoms with Crippen molar-refractivity contribution >= 4 is 10.0 Å². The Kier molecular flexibility index (Phi) is 9.44. The number of sulfonamides is 1. The van der Waals surface area contributed by atoms with E-state index in [-0.39, 0.29) is 0 Å². The van der Waals surface area contributed by atoms with Crippen LogP contribution in [0, 0.1) is 12.8 Å². The highest BCUT2D eigenvalue weighted by Gasteiger charge is 2.13. The predicted octanol–water partition coefficient (Wildman–Crippen LogP) is 3.90. The van der Waals surface area contributed by atoms with E-state index in [1.54, 1.807) is 18.2 Å². The van der Waals surface area contributed by atoms with Crippen molar-refractivity contribution in [3.05, 3.63) is 29.8 Å². The first-order chi connectivity index (χ1) is 11.0. The second-order valence-electron chi connectivity index (χ2n) is 6.06. The van der Waals surface area contributed by atoms with Crippen molar-refractivity contribution < 1.29 is 13.2 Å². The van der Waals surface area contributed by atoms with Gasteiger partial charge in [0.2, 0.25) is 10.0 Å². The molecule has 0 radical (unpaired) electrons. The van der Waals surface area contributed by atoms with Crippen LogP contribution >= 0.6 is 0 Å². The molecular weight excluding hydrogens is 310 g/mol. The van der Waals surface area contributed by atoms with Crippen LogP contribution in [0.1, 0.15) is 51.5 Å². The van der Waals surface area contributed by atoms with E-state index in [1.807, 2.05) is 13.0 Å². The summed E-state index contributed by atoms with van der Waals surface area (Å²) in [6.45, 7) is 8.06. The summed E-state index contributed by atoms with van der Waals surface area (Å²) in [5.41, 5.74) is 0.939. The Morgan fingerprint density at radius 2 is 2.00 bits per heavy atom.